The molecule has 1 aliphatic heterocycles. The molecule has 1 saturated carbocycles. The molecule has 0 bridgehead atoms. The second-order valence-corrected chi connectivity index (χ2v) is 7.75. The highest BCUT2D eigenvalue weighted by Gasteiger charge is 2.33. The van der Waals surface area contributed by atoms with E-state index in [1.165, 1.54) is 25.1 Å². The van der Waals surface area contributed by atoms with Crippen molar-refractivity contribution in [2.24, 2.45) is 0 Å². The van der Waals surface area contributed by atoms with Crippen molar-refractivity contribution in [2.75, 3.05) is 26.2 Å². The molecule has 1 saturated heterocycles. The maximum Gasteiger partial charge on any atom is 0.242 e. The van der Waals surface area contributed by atoms with Gasteiger partial charge in [-0.3, -0.25) is 9.88 Å². The molecule has 1 N–H and O–H groups in total. The molecule has 2 fully saturated rings. The van der Waals surface area contributed by atoms with Gasteiger partial charge in [0.15, 0.2) is 0 Å². The molecule has 124 valence electrons. The summed E-state index contributed by atoms with van der Waals surface area (Å²) in [7, 11) is -3.69. The van der Waals surface area contributed by atoms with Crippen molar-refractivity contribution in [3.63, 3.8) is 0 Å². The number of rotatable bonds is 5. The van der Waals surface area contributed by atoms with E-state index in [9.17, 15) is 8.42 Å². The second-order valence-electron chi connectivity index (χ2n) is 5.99. The third-order valence-electron chi connectivity index (χ3n) is 4.23. The SMILES string of the molecule is Cc1ncc(S(=O)(=O)NCC2CN(C3CC3)CCO2)cc1C#N. The number of aromatic nitrogens is 1. The van der Waals surface area contributed by atoms with E-state index in [4.69, 9.17) is 10.00 Å². The van der Waals surface area contributed by atoms with E-state index in [0.717, 1.165) is 13.1 Å². The number of morpholine rings is 1. The van der Waals surface area contributed by atoms with Crippen molar-refractivity contribution in [1.29, 1.82) is 5.26 Å². The highest BCUT2D eigenvalue weighted by atomic mass is 32.2. The molecule has 2 heterocycles. The van der Waals surface area contributed by atoms with Crippen LogP contribution in [0.2, 0.25) is 0 Å². The number of nitrogens with zero attached hydrogens (tertiary/aromatic N) is 3. The van der Waals surface area contributed by atoms with Gasteiger partial charge in [0.2, 0.25) is 10.0 Å². The van der Waals surface area contributed by atoms with Gasteiger partial charge in [-0.15, -0.1) is 0 Å². The van der Waals surface area contributed by atoms with Crippen LogP contribution in [-0.2, 0) is 14.8 Å². The number of ether oxygens (including phenoxy) is 1. The lowest BCUT2D eigenvalue weighted by molar-refractivity contribution is -0.0277. The standard InChI is InChI=1S/C15H20N4O3S/c1-11-12(7-16)6-15(9-17-11)23(20,21)18-8-14-10-19(4-5-22-14)13-2-3-13/h6,9,13-14,18H,2-5,8,10H2,1H3. The number of nitriles is 1. The molecule has 8 heteroatoms. The lowest BCUT2D eigenvalue weighted by Crippen LogP contribution is -2.48. The van der Waals surface area contributed by atoms with Crippen LogP contribution >= 0.6 is 0 Å². The van der Waals surface area contributed by atoms with E-state index >= 15 is 0 Å². The van der Waals surface area contributed by atoms with Gasteiger partial charge in [-0.25, -0.2) is 13.1 Å². The summed E-state index contributed by atoms with van der Waals surface area (Å²) in [6.07, 6.45) is 3.58. The van der Waals surface area contributed by atoms with Gasteiger partial charge in [-0.2, -0.15) is 5.26 Å². The van der Waals surface area contributed by atoms with Gasteiger partial charge in [-0.05, 0) is 25.8 Å². The minimum Gasteiger partial charge on any atom is -0.374 e. The van der Waals surface area contributed by atoms with E-state index in [1.807, 2.05) is 6.07 Å². The van der Waals surface area contributed by atoms with Crippen molar-refractivity contribution < 1.29 is 13.2 Å². The number of sulfonamides is 1. The van der Waals surface area contributed by atoms with E-state index in [1.54, 1.807) is 6.92 Å². The van der Waals surface area contributed by atoms with Crippen LogP contribution in [0.5, 0.6) is 0 Å². The first-order chi connectivity index (χ1) is 11.0. The molecule has 1 aromatic heterocycles. The Labute approximate surface area is 136 Å². The van der Waals surface area contributed by atoms with Crippen LogP contribution < -0.4 is 4.72 Å². The molecule has 2 aliphatic rings. The first-order valence-electron chi connectivity index (χ1n) is 7.71. The summed E-state index contributed by atoms with van der Waals surface area (Å²) in [5.74, 6) is 0. The topological polar surface area (TPSA) is 95.3 Å². The van der Waals surface area contributed by atoms with Gasteiger partial charge >= 0.3 is 0 Å². The summed E-state index contributed by atoms with van der Waals surface area (Å²) in [6.45, 7) is 4.20. The molecule has 0 amide bonds. The normalized spacial score (nSPS) is 22.7. The number of pyridine rings is 1. The molecular weight excluding hydrogens is 316 g/mol. The molecule has 1 atom stereocenters. The van der Waals surface area contributed by atoms with Crippen molar-refractivity contribution >= 4 is 10.0 Å². The lowest BCUT2D eigenvalue weighted by Gasteiger charge is -2.33. The molecule has 1 aliphatic carbocycles. The zero-order valence-electron chi connectivity index (χ0n) is 13.0. The van der Waals surface area contributed by atoms with Crippen LogP contribution in [0, 0.1) is 18.3 Å². The first kappa shape index (κ1) is 16.3. The maximum atomic E-state index is 12.4. The Kier molecular flexibility index (Phi) is 4.64. The minimum atomic E-state index is -3.69. The second kappa shape index (κ2) is 6.53. The van der Waals surface area contributed by atoms with Crippen molar-refractivity contribution in [3.05, 3.63) is 23.5 Å². The predicted molar refractivity (Wildman–Crippen MR) is 83.2 cm³/mol. The molecule has 0 spiro atoms. The number of hydrogen-bond acceptors (Lipinski definition) is 6. The first-order valence-corrected chi connectivity index (χ1v) is 9.20. The Hall–Kier alpha value is -1.53. The highest BCUT2D eigenvalue weighted by Crippen LogP contribution is 2.28. The molecule has 3 rings (SSSR count). The molecule has 7 nitrogen and oxygen atoms in total. The third kappa shape index (κ3) is 3.87. The Bertz CT molecular complexity index is 725. The van der Waals surface area contributed by atoms with Crippen LogP contribution in [0.25, 0.3) is 0 Å². The van der Waals surface area contributed by atoms with Crippen LogP contribution in [0.15, 0.2) is 17.2 Å². The predicted octanol–water partition coefficient (Wildman–Crippen LogP) is 0.403. The average molecular weight is 336 g/mol. The summed E-state index contributed by atoms with van der Waals surface area (Å²) >= 11 is 0. The smallest absolute Gasteiger partial charge is 0.242 e. The molecule has 0 radical (unpaired) electrons. The summed E-state index contributed by atoms with van der Waals surface area (Å²) in [6, 6.07) is 3.95. The van der Waals surface area contributed by atoms with Gasteiger partial charge in [0, 0.05) is 31.9 Å². The van der Waals surface area contributed by atoms with Crippen LogP contribution in [0.3, 0.4) is 0 Å². The monoisotopic (exact) mass is 336 g/mol. The fourth-order valence-corrected chi connectivity index (χ4v) is 3.73. The Balaban J connectivity index is 1.63. The van der Waals surface area contributed by atoms with E-state index in [-0.39, 0.29) is 23.1 Å². The molecule has 23 heavy (non-hydrogen) atoms. The van der Waals surface area contributed by atoms with Gasteiger partial charge in [0.1, 0.15) is 11.0 Å². The van der Waals surface area contributed by atoms with Crippen LogP contribution in [0.4, 0.5) is 0 Å². The lowest BCUT2D eigenvalue weighted by atomic mass is 10.2. The highest BCUT2D eigenvalue weighted by molar-refractivity contribution is 7.89. The van der Waals surface area contributed by atoms with Gasteiger partial charge in [0.25, 0.3) is 0 Å². The Morgan fingerprint density at radius 3 is 3.00 bits per heavy atom. The summed E-state index contributed by atoms with van der Waals surface area (Å²) in [5.41, 5.74) is 0.781. The van der Waals surface area contributed by atoms with Gasteiger partial charge in [0.05, 0.1) is 24.0 Å². The van der Waals surface area contributed by atoms with E-state index in [0.29, 0.717) is 18.3 Å². The number of nitrogens with one attached hydrogen (secondary N) is 1. The number of aryl methyl sites for hydroxylation is 1. The zero-order chi connectivity index (χ0) is 16.4. The molecular formula is C15H20N4O3S. The van der Waals surface area contributed by atoms with Crippen molar-refractivity contribution in [3.8, 4) is 6.07 Å². The molecule has 1 unspecified atom stereocenters. The number of hydrogen-bond donors (Lipinski definition) is 1. The van der Waals surface area contributed by atoms with E-state index in [2.05, 4.69) is 14.6 Å². The fourth-order valence-electron chi connectivity index (χ4n) is 2.70. The quantitative estimate of drug-likeness (QED) is 0.836. The molecule has 0 aromatic carbocycles. The van der Waals surface area contributed by atoms with Crippen LogP contribution in [-0.4, -0.2) is 56.7 Å². The largest absolute Gasteiger partial charge is 0.374 e. The van der Waals surface area contributed by atoms with Crippen molar-refractivity contribution in [1.82, 2.24) is 14.6 Å². The van der Waals surface area contributed by atoms with Crippen molar-refractivity contribution in [2.45, 2.75) is 36.8 Å². The maximum absolute atomic E-state index is 12.4. The Morgan fingerprint density at radius 1 is 1.52 bits per heavy atom. The summed E-state index contributed by atoms with van der Waals surface area (Å²) in [5, 5.41) is 9.00. The van der Waals surface area contributed by atoms with E-state index < -0.39 is 10.0 Å². The van der Waals surface area contributed by atoms with Gasteiger partial charge in [-0.1, -0.05) is 0 Å². The van der Waals surface area contributed by atoms with Crippen LogP contribution in [0.1, 0.15) is 24.1 Å². The minimum absolute atomic E-state index is 0.00880. The summed E-state index contributed by atoms with van der Waals surface area (Å²) in [4.78, 5) is 6.35. The fraction of sp³-hybridized carbons (Fsp3) is 0.600. The average Bonchev–Trinajstić information content (AvgIpc) is 3.38. The zero-order valence-corrected chi connectivity index (χ0v) is 13.8. The Morgan fingerprint density at radius 2 is 2.30 bits per heavy atom. The van der Waals surface area contributed by atoms with Gasteiger partial charge < -0.3 is 4.74 Å². The molecule has 1 aromatic rings. The third-order valence-corrected chi connectivity index (χ3v) is 5.62. The summed E-state index contributed by atoms with van der Waals surface area (Å²) < 4.78 is 32.9.